The van der Waals surface area contributed by atoms with Crippen LogP contribution in [0.4, 0.5) is 0 Å². The maximum atomic E-state index is 11.7. The molecular weight excluding hydrogens is 503 g/mol. The summed E-state index contributed by atoms with van der Waals surface area (Å²) in [6.45, 7) is 5.23. The van der Waals surface area contributed by atoms with Crippen molar-refractivity contribution in [1.29, 1.82) is 0 Å². The molecule has 1 aromatic rings. The Bertz CT molecular complexity index is 705. The van der Waals surface area contributed by atoms with Crippen molar-refractivity contribution >= 4 is 44.5 Å². The Kier molecular flexibility index (Phi) is 9.65. The Balaban J connectivity index is 3.48. The number of hydrogen-bond acceptors (Lipinski definition) is 10. The Morgan fingerprint density at radius 2 is 1.17 bits per heavy atom. The Labute approximate surface area is 176 Å². The van der Waals surface area contributed by atoms with Crippen LogP contribution in [0.1, 0.15) is 27.7 Å². The molecule has 10 nitrogen and oxygen atoms in total. The van der Waals surface area contributed by atoms with Crippen LogP contribution in [0.15, 0.2) is 18.2 Å². The van der Waals surface area contributed by atoms with Gasteiger partial charge in [0.15, 0.2) is 0 Å². The molecule has 0 saturated heterocycles. The van der Waals surface area contributed by atoms with E-state index in [-0.39, 0.29) is 15.1 Å². The molecule has 0 aliphatic rings. The summed E-state index contributed by atoms with van der Waals surface area (Å²) < 4.78 is 31.2. The molecule has 11 heteroatoms. The van der Waals surface area contributed by atoms with Gasteiger partial charge in [-0.3, -0.25) is 0 Å². The maximum absolute atomic E-state index is 11.7. The molecule has 162 valence electrons. The Morgan fingerprint density at radius 3 is 1.48 bits per heavy atom. The van der Waals surface area contributed by atoms with E-state index in [1.807, 2.05) is 0 Å². The van der Waals surface area contributed by atoms with Crippen LogP contribution in [0.5, 0.6) is 11.5 Å². The first kappa shape index (κ1) is 24.5. The van der Waals surface area contributed by atoms with Crippen LogP contribution in [0.2, 0.25) is 0 Å². The summed E-state index contributed by atoms with van der Waals surface area (Å²) in [6.07, 6.45) is -2.03. The van der Waals surface area contributed by atoms with Crippen LogP contribution < -0.4 is 9.47 Å². The molecule has 0 aliphatic heterocycles. The number of rotatable bonds is 9. The first-order valence-corrected chi connectivity index (χ1v) is 11.1. The molecule has 0 amide bonds. The van der Waals surface area contributed by atoms with E-state index in [1.54, 1.807) is 0 Å². The number of ether oxygens (including phenoxy) is 4. The number of benzene rings is 1. The van der Waals surface area contributed by atoms with E-state index in [4.69, 9.17) is 15.6 Å². The molecule has 29 heavy (non-hydrogen) atoms. The van der Waals surface area contributed by atoms with E-state index in [2.05, 4.69) is 9.47 Å². The van der Waals surface area contributed by atoms with Gasteiger partial charge in [0.2, 0.25) is 0 Å². The summed E-state index contributed by atoms with van der Waals surface area (Å²) in [5.41, 5.74) is 0. The summed E-state index contributed by atoms with van der Waals surface area (Å²) in [5.74, 6) is -2.48. The third kappa shape index (κ3) is 7.40. The topological polar surface area (TPSA) is 124 Å². The summed E-state index contributed by atoms with van der Waals surface area (Å²) in [4.78, 5) is 46.7. The first-order valence-electron chi connectivity index (χ1n) is 8.30. The molecule has 2 unspecified atom stereocenters. The van der Waals surface area contributed by atoms with E-state index in [1.165, 1.54) is 46.3 Å². The predicted octanol–water partition coefficient (Wildman–Crippen LogP) is 2.20. The van der Waals surface area contributed by atoms with E-state index < -0.39 is 56.7 Å². The number of halogens is 1. The van der Waals surface area contributed by atoms with Gasteiger partial charge in [0.05, 0.1) is 0 Å². The average Bonchev–Trinajstić information content (AvgIpc) is 2.65. The van der Waals surface area contributed by atoms with Crippen LogP contribution in [0, 0.1) is 3.57 Å². The van der Waals surface area contributed by atoms with Gasteiger partial charge in [-0.25, -0.2) is 0 Å². The molecule has 0 aromatic heterocycles. The summed E-state index contributed by atoms with van der Waals surface area (Å²) in [7, 11) is 2.41. The van der Waals surface area contributed by atoms with Crippen LogP contribution in [-0.2, 0) is 34.8 Å². The Morgan fingerprint density at radius 1 is 0.793 bits per heavy atom. The zero-order valence-electron chi connectivity index (χ0n) is 16.8. The molecule has 1 rings (SSSR count). The normalized spacial score (nSPS) is 12.7. The van der Waals surface area contributed by atoms with Crippen LogP contribution in [0.3, 0.4) is 0 Å². The Hall–Kier alpha value is -2.57. The zero-order valence-corrected chi connectivity index (χ0v) is 19.0. The van der Waals surface area contributed by atoms with Crippen molar-refractivity contribution < 1.29 is 44.3 Å². The SMILES string of the molecule is COC(=O)C(C)Oc1cccc(OC(C)C(=O)OC)c1I(OC(C)=O)OC(C)=O. The van der Waals surface area contributed by atoms with E-state index in [9.17, 15) is 19.2 Å². The number of carbonyl (C=O) groups excluding carboxylic acids is 4. The van der Waals surface area contributed by atoms with Gasteiger partial charge < -0.3 is 0 Å². The van der Waals surface area contributed by atoms with Gasteiger partial charge in [-0.2, -0.15) is 0 Å². The molecule has 0 spiro atoms. The van der Waals surface area contributed by atoms with Gasteiger partial charge in [0, 0.05) is 0 Å². The first-order chi connectivity index (χ1) is 13.6. The van der Waals surface area contributed by atoms with Gasteiger partial charge in [-0.1, -0.05) is 0 Å². The second kappa shape index (κ2) is 11.4. The van der Waals surface area contributed by atoms with Gasteiger partial charge in [-0.05, 0) is 0 Å². The fourth-order valence-electron chi connectivity index (χ4n) is 1.92. The van der Waals surface area contributed by atoms with Crippen molar-refractivity contribution in [1.82, 2.24) is 0 Å². The van der Waals surface area contributed by atoms with Crippen molar-refractivity contribution in [2.75, 3.05) is 14.2 Å². The quantitative estimate of drug-likeness (QED) is 0.350. The average molecular weight is 526 g/mol. The van der Waals surface area contributed by atoms with E-state index >= 15 is 0 Å². The van der Waals surface area contributed by atoms with Crippen molar-refractivity contribution in [3.63, 3.8) is 0 Å². The van der Waals surface area contributed by atoms with Gasteiger partial charge in [-0.15, -0.1) is 0 Å². The molecule has 0 saturated carbocycles. The summed E-state index contributed by atoms with van der Waals surface area (Å²) in [6, 6.07) is 4.52. The second-order valence-electron chi connectivity index (χ2n) is 5.49. The van der Waals surface area contributed by atoms with Crippen LogP contribution in [0.25, 0.3) is 0 Å². The molecule has 1 aromatic carbocycles. The van der Waals surface area contributed by atoms with Gasteiger partial charge in [0.25, 0.3) is 0 Å². The number of carbonyl (C=O) groups is 4. The standard InChI is InChI=1S/C18H23IO10/c1-10(17(22)24-5)26-14-8-7-9-15(27-11(2)18(23)25-6)16(14)19(28-12(3)20)29-13(4)21/h7-11H,1-6H3. The molecule has 2 atom stereocenters. The van der Waals surface area contributed by atoms with E-state index in [0.717, 1.165) is 13.8 Å². The molecule has 0 N–H and O–H groups in total. The van der Waals surface area contributed by atoms with Gasteiger partial charge >= 0.3 is 176 Å². The van der Waals surface area contributed by atoms with Crippen LogP contribution >= 0.6 is 20.6 Å². The fraction of sp³-hybridized carbons (Fsp3) is 0.444. The minimum atomic E-state index is -3.45. The van der Waals surface area contributed by atoms with Crippen molar-refractivity contribution in [3.05, 3.63) is 21.8 Å². The number of hydrogen-bond donors (Lipinski definition) is 0. The van der Waals surface area contributed by atoms with Crippen molar-refractivity contribution in [2.24, 2.45) is 0 Å². The zero-order chi connectivity index (χ0) is 22.1. The fourth-order valence-corrected chi connectivity index (χ4v) is 5.06. The number of methoxy groups -OCH3 is 2. The monoisotopic (exact) mass is 526 g/mol. The predicted molar refractivity (Wildman–Crippen MR) is 107 cm³/mol. The van der Waals surface area contributed by atoms with Gasteiger partial charge in [0.1, 0.15) is 0 Å². The summed E-state index contributed by atoms with van der Waals surface area (Å²) >= 11 is -3.45. The molecule has 0 fully saturated rings. The van der Waals surface area contributed by atoms with Crippen molar-refractivity contribution in [2.45, 2.75) is 39.9 Å². The molecule has 0 bridgehead atoms. The van der Waals surface area contributed by atoms with E-state index in [0.29, 0.717) is 0 Å². The third-order valence-electron chi connectivity index (χ3n) is 3.11. The second-order valence-corrected chi connectivity index (χ2v) is 8.69. The minimum absolute atomic E-state index is 0.0881. The molecule has 0 radical (unpaired) electrons. The molecular formula is C18H23IO10. The third-order valence-corrected chi connectivity index (χ3v) is 7.10. The molecule has 0 aliphatic carbocycles. The summed E-state index contributed by atoms with van der Waals surface area (Å²) in [5, 5.41) is 0. The van der Waals surface area contributed by atoms with Crippen LogP contribution in [-0.4, -0.2) is 50.3 Å². The molecule has 0 heterocycles. The van der Waals surface area contributed by atoms with Crippen molar-refractivity contribution in [3.8, 4) is 11.5 Å². The number of esters is 2.